The van der Waals surface area contributed by atoms with Crippen molar-refractivity contribution in [1.82, 2.24) is 0 Å². The summed E-state index contributed by atoms with van der Waals surface area (Å²) < 4.78 is 5.69. The molecule has 0 fully saturated rings. The minimum atomic E-state index is 0.421. The molecule has 22 heavy (non-hydrogen) atoms. The molecule has 0 radical (unpaired) electrons. The third-order valence-electron chi connectivity index (χ3n) is 4.71. The molecule has 1 N–H and O–H groups in total. The Balaban J connectivity index is 1.73. The molecule has 3 unspecified atom stereocenters. The van der Waals surface area contributed by atoms with Crippen LogP contribution >= 0.6 is 11.3 Å². The van der Waals surface area contributed by atoms with Gasteiger partial charge in [-0.15, -0.1) is 11.3 Å². The predicted octanol–water partition coefficient (Wildman–Crippen LogP) is 5.28. The van der Waals surface area contributed by atoms with Gasteiger partial charge in [-0.25, -0.2) is 0 Å². The van der Waals surface area contributed by atoms with Crippen LogP contribution < -0.4 is 10.1 Å². The van der Waals surface area contributed by atoms with Crippen LogP contribution in [-0.4, -0.2) is 6.61 Å². The van der Waals surface area contributed by atoms with Crippen LogP contribution in [0.2, 0.25) is 0 Å². The quantitative estimate of drug-likeness (QED) is 0.778. The number of hydrogen-bond donors (Lipinski definition) is 1. The number of anilines is 1. The van der Waals surface area contributed by atoms with E-state index in [4.69, 9.17) is 4.74 Å². The fourth-order valence-corrected chi connectivity index (χ4v) is 4.74. The third-order valence-corrected chi connectivity index (χ3v) is 5.80. The Kier molecular flexibility index (Phi) is 3.45. The van der Waals surface area contributed by atoms with Gasteiger partial charge in [0, 0.05) is 21.4 Å². The summed E-state index contributed by atoms with van der Waals surface area (Å²) in [5, 5.41) is 3.78. The van der Waals surface area contributed by atoms with E-state index in [1.807, 2.05) is 18.3 Å². The minimum Gasteiger partial charge on any atom is -0.494 e. The van der Waals surface area contributed by atoms with Crippen molar-refractivity contribution in [2.75, 3.05) is 11.9 Å². The van der Waals surface area contributed by atoms with Crippen molar-refractivity contribution < 1.29 is 4.74 Å². The van der Waals surface area contributed by atoms with E-state index in [9.17, 15) is 0 Å². The number of benzene rings is 1. The van der Waals surface area contributed by atoms with Gasteiger partial charge in [0.1, 0.15) is 5.75 Å². The summed E-state index contributed by atoms with van der Waals surface area (Å²) in [6.45, 7) is 4.93. The zero-order valence-corrected chi connectivity index (χ0v) is 13.8. The van der Waals surface area contributed by atoms with E-state index in [0.29, 0.717) is 24.5 Å². The van der Waals surface area contributed by atoms with E-state index in [0.717, 1.165) is 12.2 Å². The molecule has 2 nitrogen and oxygen atoms in total. The Labute approximate surface area is 135 Å². The smallest absolute Gasteiger partial charge is 0.119 e. The normalized spacial score (nSPS) is 25.5. The molecule has 1 aliphatic heterocycles. The Morgan fingerprint density at radius 2 is 2.18 bits per heavy atom. The van der Waals surface area contributed by atoms with E-state index in [2.05, 4.69) is 54.7 Å². The average Bonchev–Trinajstić information content (AvgIpc) is 3.16. The number of allylic oxidation sites excluding steroid dienone is 2. The highest BCUT2D eigenvalue weighted by Gasteiger charge is 2.38. The van der Waals surface area contributed by atoms with E-state index >= 15 is 0 Å². The summed E-state index contributed by atoms with van der Waals surface area (Å²) >= 11 is 1.91. The lowest BCUT2D eigenvalue weighted by molar-refractivity contribution is 0.338. The Morgan fingerprint density at radius 3 is 2.95 bits per heavy atom. The summed E-state index contributed by atoms with van der Waals surface area (Å²) in [4.78, 5) is 2.84. The molecule has 2 aromatic rings. The molecule has 0 saturated heterocycles. The van der Waals surface area contributed by atoms with Gasteiger partial charge in [0.15, 0.2) is 0 Å². The van der Waals surface area contributed by atoms with Crippen LogP contribution in [0.25, 0.3) is 0 Å². The van der Waals surface area contributed by atoms with Crippen LogP contribution in [0.15, 0.2) is 42.5 Å². The first-order chi connectivity index (χ1) is 10.8. The standard InChI is InChI=1S/C19H21NOS/c1-3-21-13-8-9-17-16(11-13)14-5-4-6-15(14)19(20-17)18-10-7-12(2)22-18/h4-5,7-11,14-15,19-20H,3,6H2,1-2H3. The van der Waals surface area contributed by atoms with Crippen LogP contribution in [0.1, 0.15) is 40.6 Å². The van der Waals surface area contributed by atoms with Gasteiger partial charge < -0.3 is 10.1 Å². The fraction of sp³-hybridized carbons (Fsp3) is 0.368. The lowest BCUT2D eigenvalue weighted by Gasteiger charge is -2.37. The molecule has 0 saturated carbocycles. The molecule has 114 valence electrons. The molecule has 0 amide bonds. The second-order valence-electron chi connectivity index (χ2n) is 6.11. The van der Waals surface area contributed by atoms with Crippen LogP contribution in [0.5, 0.6) is 5.75 Å². The van der Waals surface area contributed by atoms with Crippen molar-refractivity contribution in [3.05, 3.63) is 57.8 Å². The fourth-order valence-electron chi connectivity index (χ4n) is 3.73. The number of hydrogen-bond acceptors (Lipinski definition) is 3. The molecule has 1 aromatic heterocycles. The maximum absolute atomic E-state index is 5.69. The molecule has 0 bridgehead atoms. The molecule has 1 aromatic carbocycles. The SMILES string of the molecule is CCOc1ccc2c(c1)C1C=CCC1C(c1ccc(C)s1)N2. The topological polar surface area (TPSA) is 21.3 Å². The lowest BCUT2D eigenvalue weighted by Crippen LogP contribution is -2.28. The maximum Gasteiger partial charge on any atom is 0.119 e. The predicted molar refractivity (Wildman–Crippen MR) is 93.0 cm³/mol. The van der Waals surface area contributed by atoms with Crippen molar-refractivity contribution in [3.8, 4) is 5.75 Å². The molecule has 3 atom stereocenters. The number of aryl methyl sites for hydroxylation is 1. The molecular weight excluding hydrogens is 290 g/mol. The van der Waals surface area contributed by atoms with Gasteiger partial charge in [0.25, 0.3) is 0 Å². The largest absolute Gasteiger partial charge is 0.494 e. The first kappa shape index (κ1) is 13.9. The monoisotopic (exact) mass is 311 g/mol. The van der Waals surface area contributed by atoms with Gasteiger partial charge >= 0.3 is 0 Å². The molecule has 1 aliphatic carbocycles. The zero-order valence-electron chi connectivity index (χ0n) is 13.0. The van der Waals surface area contributed by atoms with E-state index in [1.54, 1.807) is 0 Å². The molecule has 3 heteroatoms. The Bertz CT molecular complexity index is 718. The van der Waals surface area contributed by atoms with Crippen molar-refractivity contribution in [1.29, 1.82) is 0 Å². The van der Waals surface area contributed by atoms with Crippen LogP contribution in [-0.2, 0) is 0 Å². The Hall–Kier alpha value is -1.74. The van der Waals surface area contributed by atoms with Gasteiger partial charge in [-0.05, 0) is 62.1 Å². The Morgan fingerprint density at radius 1 is 1.27 bits per heavy atom. The highest BCUT2D eigenvalue weighted by atomic mass is 32.1. The van der Waals surface area contributed by atoms with E-state index < -0.39 is 0 Å². The van der Waals surface area contributed by atoms with Crippen molar-refractivity contribution in [2.24, 2.45) is 5.92 Å². The second-order valence-corrected chi connectivity index (χ2v) is 7.43. The highest BCUT2D eigenvalue weighted by Crippen LogP contribution is 2.51. The van der Waals surface area contributed by atoms with Crippen LogP contribution in [0, 0.1) is 12.8 Å². The zero-order chi connectivity index (χ0) is 15.1. The molecule has 2 heterocycles. The number of fused-ring (bicyclic) bond motifs is 3. The van der Waals surface area contributed by atoms with Crippen molar-refractivity contribution in [2.45, 2.75) is 32.2 Å². The highest BCUT2D eigenvalue weighted by molar-refractivity contribution is 7.12. The van der Waals surface area contributed by atoms with Crippen molar-refractivity contribution >= 4 is 17.0 Å². The summed E-state index contributed by atoms with van der Waals surface area (Å²) in [6, 6.07) is 11.4. The number of ether oxygens (including phenoxy) is 1. The molecule has 0 spiro atoms. The van der Waals surface area contributed by atoms with E-state index in [1.165, 1.54) is 21.0 Å². The molecular formula is C19H21NOS. The van der Waals surface area contributed by atoms with E-state index in [-0.39, 0.29) is 0 Å². The first-order valence-electron chi connectivity index (χ1n) is 8.02. The minimum absolute atomic E-state index is 0.421. The molecule has 4 rings (SSSR count). The average molecular weight is 311 g/mol. The number of rotatable bonds is 3. The van der Waals surface area contributed by atoms with Gasteiger partial charge in [-0.2, -0.15) is 0 Å². The summed E-state index contributed by atoms with van der Waals surface area (Å²) in [5.74, 6) is 2.10. The van der Waals surface area contributed by atoms with Crippen LogP contribution in [0.3, 0.4) is 0 Å². The van der Waals surface area contributed by atoms with Crippen molar-refractivity contribution in [3.63, 3.8) is 0 Å². The second kappa shape index (κ2) is 5.47. The van der Waals surface area contributed by atoms with Gasteiger partial charge in [-0.1, -0.05) is 12.2 Å². The third kappa shape index (κ3) is 2.24. The van der Waals surface area contributed by atoms with Gasteiger partial charge in [0.2, 0.25) is 0 Å². The summed E-state index contributed by atoms with van der Waals surface area (Å²) in [5.41, 5.74) is 2.64. The summed E-state index contributed by atoms with van der Waals surface area (Å²) in [6.07, 6.45) is 5.87. The summed E-state index contributed by atoms with van der Waals surface area (Å²) in [7, 11) is 0. The number of nitrogens with one attached hydrogen (secondary N) is 1. The van der Waals surface area contributed by atoms with Crippen LogP contribution in [0.4, 0.5) is 5.69 Å². The van der Waals surface area contributed by atoms with Gasteiger partial charge in [0.05, 0.1) is 12.6 Å². The first-order valence-corrected chi connectivity index (χ1v) is 8.84. The maximum atomic E-state index is 5.69. The molecule has 2 aliphatic rings. The van der Waals surface area contributed by atoms with Gasteiger partial charge in [-0.3, -0.25) is 0 Å². The lowest BCUT2D eigenvalue weighted by atomic mass is 9.79. The number of thiophene rings is 1.